The molecule has 0 unspecified atom stereocenters. The molecular weight excluding hydrogens is 388 g/mol. The van der Waals surface area contributed by atoms with E-state index in [0.29, 0.717) is 13.1 Å². The Hall–Kier alpha value is -2.38. The van der Waals surface area contributed by atoms with Crippen molar-refractivity contribution in [1.29, 1.82) is 0 Å². The highest BCUT2D eigenvalue weighted by atomic mass is 32.2. The largest absolute Gasteiger partial charge is 0.495 e. The van der Waals surface area contributed by atoms with E-state index in [-0.39, 0.29) is 29.6 Å². The maximum absolute atomic E-state index is 13.6. The van der Waals surface area contributed by atoms with Gasteiger partial charge >= 0.3 is 0 Å². The van der Waals surface area contributed by atoms with Crippen molar-refractivity contribution in [1.82, 2.24) is 9.21 Å². The lowest BCUT2D eigenvalue weighted by atomic mass is 10.1. The Morgan fingerprint density at radius 3 is 2.41 bits per heavy atom. The summed E-state index contributed by atoms with van der Waals surface area (Å²) in [4.78, 5) is 14.7. The maximum atomic E-state index is 13.6. The predicted molar refractivity (Wildman–Crippen MR) is 112 cm³/mol. The molecule has 29 heavy (non-hydrogen) atoms. The summed E-state index contributed by atoms with van der Waals surface area (Å²) in [5, 5.41) is 0. The van der Waals surface area contributed by atoms with Crippen LogP contribution in [-0.2, 0) is 21.4 Å². The fourth-order valence-electron chi connectivity index (χ4n) is 3.53. The maximum Gasteiger partial charge on any atom is 0.247 e. The number of nitrogens with zero attached hydrogens (tertiary/aromatic N) is 2. The summed E-state index contributed by atoms with van der Waals surface area (Å²) in [5.41, 5.74) is 1.64. The number of hydrogen-bond donors (Lipinski definition) is 0. The van der Waals surface area contributed by atoms with E-state index in [1.807, 2.05) is 37.3 Å². The van der Waals surface area contributed by atoms with Crippen molar-refractivity contribution < 1.29 is 17.9 Å². The minimum absolute atomic E-state index is 0.0855. The van der Waals surface area contributed by atoms with Crippen molar-refractivity contribution in [3.05, 3.63) is 59.7 Å². The summed E-state index contributed by atoms with van der Waals surface area (Å²) in [6.45, 7) is 3.14. The molecule has 1 aliphatic heterocycles. The van der Waals surface area contributed by atoms with Crippen LogP contribution in [0.5, 0.6) is 5.75 Å². The van der Waals surface area contributed by atoms with Crippen LogP contribution in [0.25, 0.3) is 0 Å². The number of carbonyl (C=O) groups excluding carboxylic acids is 1. The van der Waals surface area contributed by atoms with Crippen molar-refractivity contribution in [2.24, 2.45) is 0 Å². The van der Waals surface area contributed by atoms with Gasteiger partial charge in [-0.05, 0) is 49.4 Å². The second-order valence-electron chi connectivity index (χ2n) is 7.35. The van der Waals surface area contributed by atoms with Gasteiger partial charge in [0.2, 0.25) is 15.9 Å². The fourth-order valence-corrected chi connectivity index (χ4v) is 5.15. The van der Waals surface area contributed by atoms with Crippen molar-refractivity contribution in [3.8, 4) is 5.75 Å². The number of piperidine rings is 1. The lowest BCUT2D eigenvalue weighted by Crippen LogP contribution is -2.44. The summed E-state index contributed by atoms with van der Waals surface area (Å²) in [5.74, 6) is 0.120. The van der Waals surface area contributed by atoms with Gasteiger partial charge in [0.1, 0.15) is 10.6 Å². The topological polar surface area (TPSA) is 66.9 Å². The normalized spacial score (nSPS) is 14.8. The van der Waals surface area contributed by atoms with Gasteiger partial charge in [-0.1, -0.05) is 36.4 Å². The average molecular weight is 417 g/mol. The van der Waals surface area contributed by atoms with Gasteiger partial charge in [-0.2, -0.15) is 4.31 Å². The third-order valence-corrected chi connectivity index (χ3v) is 6.97. The van der Waals surface area contributed by atoms with Crippen LogP contribution in [0.15, 0.2) is 53.4 Å². The van der Waals surface area contributed by atoms with Crippen LogP contribution in [0.2, 0.25) is 0 Å². The summed E-state index contributed by atoms with van der Waals surface area (Å²) in [6, 6.07) is 14.4. The summed E-state index contributed by atoms with van der Waals surface area (Å²) in [7, 11) is -2.49. The Kier molecular flexibility index (Phi) is 6.92. The first kappa shape index (κ1) is 21.3. The van der Waals surface area contributed by atoms with E-state index in [4.69, 9.17) is 4.74 Å². The molecule has 1 aliphatic rings. The minimum Gasteiger partial charge on any atom is -0.495 e. The summed E-state index contributed by atoms with van der Waals surface area (Å²) < 4.78 is 33.7. The van der Waals surface area contributed by atoms with Gasteiger partial charge in [0.25, 0.3) is 0 Å². The van der Waals surface area contributed by atoms with E-state index < -0.39 is 10.0 Å². The smallest absolute Gasteiger partial charge is 0.247 e. The quantitative estimate of drug-likeness (QED) is 0.695. The molecule has 0 atom stereocenters. The molecule has 0 bridgehead atoms. The van der Waals surface area contributed by atoms with Gasteiger partial charge < -0.3 is 9.64 Å². The molecule has 6 nitrogen and oxygen atoms in total. The Morgan fingerprint density at radius 2 is 1.76 bits per heavy atom. The van der Waals surface area contributed by atoms with Gasteiger partial charge in [0.15, 0.2) is 0 Å². The molecule has 2 aromatic rings. The SMILES string of the molecule is COc1ccc(C)cc1S(=O)(=O)N(CC(=O)N1CCCCC1)Cc1ccccc1. The average Bonchev–Trinajstić information content (AvgIpc) is 2.74. The Balaban J connectivity index is 1.95. The highest BCUT2D eigenvalue weighted by Gasteiger charge is 2.31. The number of rotatable bonds is 7. The Morgan fingerprint density at radius 1 is 1.07 bits per heavy atom. The molecular formula is C22H28N2O4S. The van der Waals surface area contributed by atoms with Gasteiger partial charge in [-0.25, -0.2) is 8.42 Å². The lowest BCUT2D eigenvalue weighted by Gasteiger charge is -2.30. The van der Waals surface area contributed by atoms with Gasteiger partial charge in [0.05, 0.1) is 13.7 Å². The number of amides is 1. The molecule has 156 valence electrons. The molecule has 0 N–H and O–H groups in total. The molecule has 0 aromatic heterocycles. The second kappa shape index (κ2) is 9.41. The van der Waals surface area contributed by atoms with Crippen molar-refractivity contribution in [2.75, 3.05) is 26.7 Å². The number of likely N-dealkylation sites (tertiary alicyclic amines) is 1. The molecule has 7 heteroatoms. The first-order valence-corrected chi connectivity index (χ1v) is 11.3. The monoisotopic (exact) mass is 416 g/mol. The van der Waals surface area contributed by atoms with Crippen LogP contribution >= 0.6 is 0 Å². The van der Waals surface area contributed by atoms with Gasteiger partial charge in [0, 0.05) is 19.6 Å². The summed E-state index contributed by atoms with van der Waals surface area (Å²) in [6.07, 6.45) is 3.03. The standard InChI is InChI=1S/C22H28N2O4S/c1-18-11-12-20(28-2)21(15-18)29(26,27)24(16-19-9-5-3-6-10-19)17-22(25)23-13-7-4-8-14-23/h3,5-6,9-12,15H,4,7-8,13-14,16-17H2,1-2H3. The van der Waals surface area contributed by atoms with E-state index in [9.17, 15) is 13.2 Å². The van der Waals surface area contributed by atoms with E-state index >= 15 is 0 Å². The number of carbonyl (C=O) groups is 1. The predicted octanol–water partition coefficient (Wildman–Crippen LogP) is 3.21. The fraction of sp³-hybridized carbons (Fsp3) is 0.409. The van der Waals surface area contributed by atoms with Crippen LogP contribution in [-0.4, -0.2) is 50.3 Å². The molecule has 2 aromatic carbocycles. The third kappa shape index (κ3) is 5.16. The Labute approximate surface area is 173 Å². The number of ether oxygens (including phenoxy) is 1. The van der Waals surface area contributed by atoms with E-state index in [2.05, 4.69) is 0 Å². The zero-order chi connectivity index (χ0) is 20.9. The lowest BCUT2D eigenvalue weighted by molar-refractivity contribution is -0.132. The molecule has 0 saturated carbocycles. The highest BCUT2D eigenvalue weighted by Crippen LogP contribution is 2.29. The Bertz CT molecular complexity index is 939. The summed E-state index contributed by atoms with van der Waals surface area (Å²) >= 11 is 0. The van der Waals surface area contributed by atoms with Crippen LogP contribution < -0.4 is 4.74 Å². The zero-order valence-corrected chi connectivity index (χ0v) is 17.8. The van der Waals surface area contributed by atoms with Crippen molar-refractivity contribution in [2.45, 2.75) is 37.6 Å². The number of methoxy groups -OCH3 is 1. The number of hydrogen-bond acceptors (Lipinski definition) is 4. The van der Waals surface area contributed by atoms with Crippen molar-refractivity contribution in [3.63, 3.8) is 0 Å². The van der Waals surface area contributed by atoms with Crippen LogP contribution in [0.1, 0.15) is 30.4 Å². The minimum atomic E-state index is -3.94. The highest BCUT2D eigenvalue weighted by molar-refractivity contribution is 7.89. The molecule has 1 heterocycles. The molecule has 3 rings (SSSR count). The molecule has 0 aliphatic carbocycles. The number of benzene rings is 2. The molecule has 0 radical (unpaired) electrons. The van der Waals surface area contributed by atoms with E-state index in [0.717, 1.165) is 30.4 Å². The van der Waals surface area contributed by atoms with Gasteiger partial charge in [-0.15, -0.1) is 0 Å². The van der Waals surface area contributed by atoms with Crippen LogP contribution in [0.3, 0.4) is 0 Å². The molecule has 1 amide bonds. The van der Waals surface area contributed by atoms with Crippen molar-refractivity contribution >= 4 is 15.9 Å². The molecule has 0 spiro atoms. The molecule has 1 fully saturated rings. The molecule has 1 saturated heterocycles. The first-order valence-electron chi connectivity index (χ1n) is 9.88. The second-order valence-corrected chi connectivity index (χ2v) is 9.26. The van der Waals surface area contributed by atoms with Gasteiger partial charge in [-0.3, -0.25) is 4.79 Å². The number of aryl methyl sites for hydroxylation is 1. The van der Waals surface area contributed by atoms with E-state index in [1.54, 1.807) is 23.1 Å². The number of sulfonamides is 1. The van der Waals surface area contributed by atoms with Crippen LogP contribution in [0, 0.1) is 6.92 Å². The van der Waals surface area contributed by atoms with E-state index in [1.165, 1.54) is 11.4 Å². The zero-order valence-electron chi connectivity index (χ0n) is 17.0. The van der Waals surface area contributed by atoms with Crippen LogP contribution in [0.4, 0.5) is 0 Å². The first-order chi connectivity index (χ1) is 13.9. The third-order valence-electron chi connectivity index (χ3n) is 5.16.